The van der Waals surface area contributed by atoms with Gasteiger partial charge in [-0.15, -0.1) is 13.2 Å². The molecular weight excluding hydrogens is 254 g/mol. The molecule has 0 radical (unpaired) electrons. The maximum absolute atomic E-state index is 9.22. The van der Waals surface area contributed by atoms with Crippen LogP contribution in [-0.4, -0.2) is 33.7 Å². The summed E-state index contributed by atoms with van der Waals surface area (Å²) in [6.07, 6.45) is 8.92. The molecule has 18 heavy (non-hydrogen) atoms. The molecule has 0 saturated carbocycles. The Labute approximate surface area is 111 Å². The monoisotopic (exact) mass is 279 g/mol. The second kappa shape index (κ2) is 12.8. The minimum absolute atomic E-state index is 0.778. The van der Waals surface area contributed by atoms with Gasteiger partial charge in [-0.05, 0) is 31.6 Å². The normalized spacial score (nSPS) is 10.7. The third-order valence-electron chi connectivity index (χ3n) is 2.31. The van der Waals surface area contributed by atoms with Gasteiger partial charge in [0.1, 0.15) is 0 Å². The molecule has 0 unspecified atom stereocenters. The lowest BCUT2D eigenvalue weighted by molar-refractivity contribution is -0.627. The molecule has 0 bridgehead atoms. The van der Waals surface area contributed by atoms with E-state index in [-0.39, 0.29) is 0 Å². The minimum Gasteiger partial charge on any atom is -0.726 e. The summed E-state index contributed by atoms with van der Waals surface area (Å²) in [4.78, 5) is 0. The molecule has 5 nitrogen and oxygen atoms in total. The van der Waals surface area contributed by atoms with Crippen LogP contribution in [0.15, 0.2) is 25.3 Å². The van der Waals surface area contributed by atoms with Gasteiger partial charge in [0.05, 0.1) is 20.7 Å². The molecule has 0 saturated heterocycles. The third kappa shape index (κ3) is 17.7. The van der Waals surface area contributed by atoms with Gasteiger partial charge in [-0.25, -0.2) is 8.42 Å². The van der Waals surface area contributed by atoms with Crippen molar-refractivity contribution in [3.63, 3.8) is 0 Å². The average Bonchev–Trinajstić information content (AvgIpc) is 2.30. The number of hydrogen-bond donors (Lipinski definition) is 1. The fraction of sp³-hybridized carbons (Fsp3) is 0.667. The number of hydrogen-bond acceptors (Lipinski definition) is 4. The van der Waals surface area contributed by atoms with Crippen LogP contribution in [0.1, 0.15) is 25.7 Å². The SMILES string of the molecule is C=CCC(CC=C)CCC[NH2+]C.COS(=O)(=O)[O-]. The second-order valence-corrected chi connectivity index (χ2v) is 4.98. The van der Waals surface area contributed by atoms with Gasteiger partial charge in [0.15, 0.2) is 0 Å². The predicted molar refractivity (Wildman–Crippen MR) is 71.8 cm³/mol. The Morgan fingerprint density at radius 3 is 2.06 bits per heavy atom. The van der Waals surface area contributed by atoms with Gasteiger partial charge < -0.3 is 9.87 Å². The molecule has 0 heterocycles. The highest BCUT2D eigenvalue weighted by Crippen LogP contribution is 2.15. The van der Waals surface area contributed by atoms with E-state index < -0.39 is 10.4 Å². The van der Waals surface area contributed by atoms with Crippen molar-refractivity contribution >= 4 is 10.4 Å². The van der Waals surface area contributed by atoms with E-state index in [0.29, 0.717) is 0 Å². The minimum atomic E-state index is -4.41. The summed E-state index contributed by atoms with van der Waals surface area (Å²) in [6, 6.07) is 0. The van der Waals surface area contributed by atoms with E-state index in [4.69, 9.17) is 0 Å². The molecule has 0 aromatic carbocycles. The summed E-state index contributed by atoms with van der Waals surface area (Å²) >= 11 is 0. The molecular formula is C12H25NO4S. The van der Waals surface area contributed by atoms with Crippen LogP contribution in [0.4, 0.5) is 0 Å². The van der Waals surface area contributed by atoms with Crippen LogP contribution >= 0.6 is 0 Å². The number of nitrogens with two attached hydrogens (primary N) is 1. The van der Waals surface area contributed by atoms with Crippen LogP contribution in [0.25, 0.3) is 0 Å². The summed E-state index contributed by atoms with van der Waals surface area (Å²) < 4.78 is 31.0. The van der Waals surface area contributed by atoms with Crippen molar-refractivity contribution in [2.24, 2.45) is 5.92 Å². The first kappa shape index (κ1) is 19.6. The molecule has 0 fully saturated rings. The first-order chi connectivity index (χ1) is 8.41. The van der Waals surface area contributed by atoms with E-state index in [1.165, 1.54) is 19.4 Å². The van der Waals surface area contributed by atoms with Gasteiger partial charge in [-0.2, -0.15) is 0 Å². The fourth-order valence-electron chi connectivity index (χ4n) is 1.41. The Morgan fingerprint density at radius 1 is 1.33 bits per heavy atom. The molecule has 2 N–H and O–H groups in total. The lowest BCUT2D eigenvalue weighted by atomic mass is 9.96. The summed E-state index contributed by atoms with van der Waals surface area (Å²) in [5.41, 5.74) is 0. The number of quaternary nitrogens is 1. The number of rotatable bonds is 9. The molecule has 0 aliphatic rings. The smallest absolute Gasteiger partial charge is 0.217 e. The maximum Gasteiger partial charge on any atom is 0.217 e. The molecule has 0 rings (SSSR count). The average molecular weight is 279 g/mol. The molecule has 0 aromatic rings. The Kier molecular flexibility index (Phi) is 13.9. The van der Waals surface area contributed by atoms with Gasteiger partial charge in [-0.1, -0.05) is 12.2 Å². The van der Waals surface area contributed by atoms with E-state index >= 15 is 0 Å². The zero-order valence-corrected chi connectivity index (χ0v) is 12.1. The van der Waals surface area contributed by atoms with E-state index in [1.807, 2.05) is 12.2 Å². The lowest BCUT2D eigenvalue weighted by Gasteiger charge is -2.10. The largest absolute Gasteiger partial charge is 0.726 e. The van der Waals surface area contributed by atoms with Crippen molar-refractivity contribution in [3.8, 4) is 0 Å². The van der Waals surface area contributed by atoms with Crippen LogP contribution in [0.2, 0.25) is 0 Å². The Bertz CT molecular complexity index is 291. The summed E-state index contributed by atoms with van der Waals surface area (Å²) in [5.74, 6) is 0.778. The van der Waals surface area contributed by atoms with E-state index in [1.54, 1.807) is 0 Å². The van der Waals surface area contributed by atoms with Crippen molar-refractivity contribution in [2.75, 3.05) is 20.7 Å². The van der Waals surface area contributed by atoms with E-state index in [9.17, 15) is 13.0 Å². The standard InChI is InChI=1S/C11H21N.CH4O4S/c1-4-7-11(8-5-2)9-6-10-12-3;1-5-6(2,3)4/h4-5,11-12H,1-2,6-10H2,3H3;1H3,(H,2,3,4). The van der Waals surface area contributed by atoms with Gasteiger partial charge in [0.25, 0.3) is 0 Å². The highest BCUT2D eigenvalue weighted by atomic mass is 32.3. The van der Waals surface area contributed by atoms with E-state index in [2.05, 4.69) is 29.7 Å². The topological polar surface area (TPSA) is 83.0 Å². The van der Waals surface area contributed by atoms with Crippen LogP contribution in [0, 0.1) is 5.92 Å². The van der Waals surface area contributed by atoms with Gasteiger partial charge >= 0.3 is 0 Å². The van der Waals surface area contributed by atoms with Crippen molar-refractivity contribution in [2.45, 2.75) is 25.7 Å². The van der Waals surface area contributed by atoms with Crippen molar-refractivity contribution in [1.82, 2.24) is 0 Å². The van der Waals surface area contributed by atoms with Crippen LogP contribution in [-0.2, 0) is 14.6 Å². The van der Waals surface area contributed by atoms with Crippen molar-refractivity contribution in [1.29, 1.82) is 0 Å². The molecule has 0 aromatic heterocycles. The third-order valence-corrected chi connectivity index (χ3v) is 2.72. The first-order valence-electron chi connectivity index (χ1n) is 5.92. The zero-order chi connectivity index (χ0) is 14.4. The Hall–Kier alpha value is -0.690. The quantitative estimate of drug-likeness (QED) is 0.293. The highest BCUT2D eigenvalue weighted by molar-refractivity contribution is 7.80. The lowest BCUT2D eigenvalue weighted by Crippen LogP contribution is -2.79. The molecule has 0 aliphatic heterocycles. The van der Waals surface area contributed by atoms with Gasteiger partial charge in [-0.3, -0.25) is 4.18 Å². The van der Waals surface area contributed by atoms with E-state index in [0.717, 1.165) is 25.9 Å². The molecule has 0 spiro atoms. The molecule has 0 aliphatic carbocycles. The maximum atomic E-state index is 9.22. The second-order valence-electron chi connectivity index (χ2n) is 3.83. The molecule has 0 atom stereocenters. The summed E-state index contributed by atoms with van der Waals surface area (Å²) in [7, 11) is -1.48. The summed E-state index contributed by atoms with van der Waals surface area (Å²) in [5, 5.41) is 2.24. The fourth-order valence-corrected chi connectivity index (χ4v) is 1.41. The summed E-state index contributed by atoms with van der Waals surface area (Å²) in [6.45, 7) is 8.78. The number of allylic oxidation sites excluding steroid dienone is 2. The Balaban J connectivity index is 0. The van der Waals surface area contributed by atoms with Crippen LogP contribution in [0.5, 0.6) is 0 Å². The highest BCUT2D eigenvalue weighted by Gasteiger charge is 2.03. The molecule has 108 valence electrons. The van der Waals surface area contributed by atoms with Crippen LogP contribution in [0.3, 0.4) is 0 Å². The predicted octanol–water partition coefficient (Wildman–Crippen LogP) is 0.821. The molecule has 0 amide bonds. The van der Waals surface area contributed by atoms with Gasteiger partial charge in [0, 0.05) is 0 Å². The van der Waals surface area contributed by atoms with Crippen LogP contribution < -0.4 is 5.32 Å². The zero-order valence-electron chi connectivity index (χ0n) is 11.3. The first-order valence-corrected chi connectivity index (χ1v) is 7.25. The van der Waals surface area contributed by atoms with Crippen molar-refractivity contribution < 1.29 is 22.5 Å². The Morgan fingerprint density at radius 2 is 1.78 bits per heavy atom. The van der Waals surface area contributed by atoms with Gasteiger partial charge in [0.2, 0.25) is 10.4 Å². The molecule has 6 heteroatoms. The van der Waals surface area contributed by atoms with Crippen molar-refractivity contribution in [3.05, 3.63) is 25.3 Å².